The highest BCUT2D eigenvalue weighted by molar-refractivity contribution is 7.84. The van der Waals surface area contributed by atoms with Crippen LogP contribution in [0.1, 0.15) is 6.92 Å². The summed E-state index contributed by atoms with van der Waals surface area (Å²) in [6.07, 6.45) is 1.62. The van der Waals surface area contributed by atoms with Gasteiger partial charge in [-0.2, -0.15) is 0 Å². The molecule has 0 fully saturated rings. The SMILES string of the molecule is CC(CS(C)=O)Nc1ccc([N+](=O)[O-])cc1N. The van der Waals surface area contributed by atoms with Crippen LogP contribution in [-0.4, -0.2) is 27.2 Å². The van der Waals surface area contributed by atoms with Crippen LogP contribution in [0.3, 0.4) is 0 Å². The monoisotopic (exact) mass is 257 g/mol. The fourth-order valence-electron chi connectivity index (χ4n) is 1.45. The number of nitro groups is 1. The van der Waals surface area contributed by atoms with Crippen LogP contribution in [0.25, 0.3) is 0 Å². The molecule has 1 rings (SSSR count). The van der Waals surface area contributed by atoms with E-state index in [1.807, 2.05) is 6.92 Å². The van der Waals surface area contributed by atoms with Gasteiger partial charge in [0.2, 0.25) is 0 Å². The number of nitrogens with one attached hydrogen (secondary N) is 1. The van der Waals surface area contributed by atoms with E-state index >= 15 is 0 Å². The molecule has 0 aliphatic carbocycles. The second kappa shape index (κ2) is 5.62. The van der Waals surface area contributed by atoms with Crippen LogP contribution in [0.15, 0.2) is 18.2 Å². The molecule has 0 aromatic heterocycles. The molecule has 6 nitrogen and oxygen atoms in total. The highest BCUT2D eigenvalue weighted by atomic mass is 32.2. The second-order valence-electron chi connectivity index (χ2n) is 3.81. The van der Waals surface area contributed by atoms with Crippen molar-refractivity contribution in [3.63, 3.8) is 0 Å². The van der Waals surface area contributed by atoms with Crippen molar-refractivity contribution in [2.24, 2.45) is 0 Å². The fraction of sp³-hybridized carbons (Fsp3) is 0.400. The van der Waals surface area contributed by atoms with E-state index < -0.39 is 15.7 Å². The number of nitrogens with two attached hydrogens (primary N) is 1. The van der Waals surface area contributed by atoms with Gasteiger partial charge in [0.15, 0.2) is 0 Å². The molecule has 2 unspecified atom stereocenters. The molecule has 94 valence electrons. The van der Waals surface area contributed by atoms with Gasteiger partial charge in [-0.05, 0) is 13.0 Å². The van der Waals surface area contributed by atoms with Crippen molar-refractivity contribution in [3.8, 4) is 0 Å². The molecule has 0 saturated carbocycles. The van der Waals surface area contributed by atoms with Gasteiger partial charge in [-0.25, -0.2) is 0 Å². The molecule has 0 spiro atoms. The zero-order valence-electron chi connectivity index (χ0n) is 9.67. The lowest BCUT2D eigenvalue weighted by molar-refractivity contribution is -0.384. The number of anilines is 2. The van der Waals surface area contributed by atoms with E-state index in [9.17, 15) is 14.3 Å². The van der Waals surface area contributed by atoms with E-state index in [0.717, 1.165) is 0 Å². The summed E-state index contributed by atoms with van der Waals surface area (Å²) in [6, 6.07) is 4.24. The average Bonchev–Trinajstić information content (AvgIpc) is 2.19. The number of nitrogen functional groups attached to an aromatic ring is 1. The normalized spacial score (nSPS) is 14.0. The predicted octanol–water partition coefficient (Wildman–Crippen LogP) is 1.36. The Balaban J connectivity index is 2.79. The van der Waals surface area contributed by atoms with Gasteiger partial charge in [0.05, 0.1) is 16.3 Å². The van der Waals surface area contributed by atoms with E-state index in [1.165, 1.54) is 12.1 Å². The zero-order valence-corrected chi connectivity index (χ0v) is 10.5. The van der Waals surface area contributed by atoms with Crippen LogP contribution in [0, 0.1) is 10.1 Å². The summed E-state index contributed by atoms with van der Waals surface area (Å²) in [7, 11) is -0.899. The summed E-state index contributed by atoms with van der Waals surface area (Å²) in [5, 5.41) is 13.6. The Morgan fingerprint density at radius 3 is 2.71 bits per heavy atom. The third-order valence-electron chi connectivity index (χ3n) is 2.13. The standard InChI is InChI=1S/C10H15N3O3S/c1-7(6-17(2)16)12-10-4-3-8(13(14)15)5-9(10)11/h3-5,7,12H,6,11H2,1-2H3. The lowest BCUT2D eigenvalue weighted by Gasteiger charge is -2.15. The van der Waals surface area contributed by atoms with E-state index in [4.69, 9.17) is 5.73 Å². The fourth-order valence-corrected chi connectivity index (χ4v) is 2.24. The smallest absolute Gasteiger partial charge is 0.271 e. The minimum absolute atomic E-state index is 0.00964. The van der Waals surface area contributed by atoms with E-state index in [0.29, 0.717) is 17.1 Å². The molecule has 2 atom stereocenters. The van der Waals surface area contributed by atoms with Crippen LogP contribution >= 0.6 is 0 Å². The van der Waals surface area contributed by atoms with Crippen molar-refractivity contribution < 1.29 is 9.13 Å². The molecule has 0 aliphatic heterocycles. The van der Waals surface area contributed by atoms with Crippen molar-refractivity contribution >= 4 is 27.9 Å². The summed E-state index contributed by atoms with van der Waals surface area (Å²) in [4.78, 5) is 10.0. The number of hydrogen-bond acceptors (Lipinski definition) is 5. The summed E-state index contributed by atoms with van der Waals surface area (Å²) in [6.45, 7) is 1.88. The van der Waals surface area contributed by atoms with E-state index in [1.54, 1.807) is 12.3 Å². The Morgan fingerprint density at radius 2 is 2.24 bits per heavy atom. The first kappa shape index (κ1) is 13.4. The van der Waals surface area contributed by atoms with Crippen molar-refractivity contribution in [2.75, 3.05) is 23.1 Å². The van der Waals surface area contributed by atoms with Crippen molar-refractivity contribution in [3.05, 3.63) is 28.3 Å². The Labute approximate surface area is 102 Å². The molecule has 0 aliphatic rings. The third kappa shape index (κ3) is 4.03. The highest BCUT2D eigenvalue weighted by Gasteiger charge is 2.11. The molecular formula is C10H15N3O3S. The van der Waals surface area contributed by atoms with Gasteiger partial charge in [0, 0.05) is 41.0 Å². The van der Waals surface area contributed by atoms with Crippen LogP contribution in [0.5, 0.6) is 0 Å². The zero-order chi connectivity index (χ0) is 13.0. The van der Waals surface area contributed by atoms with Gasteiger partial charge in [0.1, 0.15) is 0 Å². The van der Waals surface area contributed by atoms with Crippen LogP contribution in [0.2, 0.25) is 0 Å². The Hall–Kier alpha value is -1.63. The first-order valence-electron chi connectivity index (χ1n) is 5.00. The van der Waals surface area contributed by atoms with Crippen molar-refractivity contribution in [1.82, 2.24) is 0 Å². The molecule has 0 saturated heterocycles. The molecule has 0 heterocycles. The minimum Gasteiger partial charge on any atom is -0.397 e. The molecule has 0 bridgehead atoms. The molecule has 7 heteroatoms. The number of nitro benzene ring substituents is 1. The van der Waals surface area contributed by atoms with Gasteiger partial charge in [-0.1, -0.05) is 0 Å². The molecule has 1 aromatic carbocycles. The predicted molar refractivity (Wildman–Crippen MR) is 69.5 cm³/mol. The largest absolute Gasteiger partial charge is 0.397 e. The molecule has 0 radical (unpaired) electrons. The van der Waals surface area contributed by atoms with Gasteiger partial charge in [-0.3, -0.25) is 14.3 Å². The van der Waals surface area contributed by atoms with E-state index in [-0.39, 0.29) is 11.7 Å². The molecule has 0 amide bonds. The number of non-ortho nitro benzene ring substituents is 1. The van der Waals surface area contributed by atoms with Gasteiger partial charge >= 0.3 is 0 Å². The summed E-state index contributed by atoms with van der Waals surface area (Å²) >= 11 is 0. The maximum Gasteiger partial charge on any atom is 0.271 e. The minimum atomic E-state index is -0.899. The van der Waals surface area contributed by atoms with Gasteiger partial charge in [-0.15, -0.1) is 0 Å². The molecule has 17 heavy (non-hydrogen) atoms. The van der Waals surface area contributed by atoms with Gasteiger partial charge in [0.25, 0.3) is 5.69 Å². The van der Waals surface area contributed by atoms with Crippen LogP contribution < -0.4 is 11.1 Å². The Morgan fingerprint density at radius 1 is 1.59 bits per heavy atom. The van der Waals surface area contributed by atoms with Crippen LogP contribution in [0.4, 0.5) is 17.1 Å². The topological polar surface area (TPSA) is 98.3 Å². The van der Waals surface area contributed by atoms with E-state index in [2.05, 4.69) is 5.32 Å². The Bertz CT molecular complexity index is 450. The summed E-state index contributed by atoms with van der Waals surface area (Å²) in [5.74, 6) is 0.496. The molecule has 1 aromatic rings. The van der Waals surface area contributed by atoms with Crippen molar-refractivity contribution in [2.45, 2.75) is 13.0 Å². The van der Waals surface area contributed by atoms with Crippen LogP contribution in [-0.2, 0) is 10.8 Å². The van der Waals surface area contributed by atoms with Gasteiger partial charge < -0.3 is 11.1 Å². The Kier molecular flexibility index (Phi) is 4.45. The number of rotatable bonds is 5. The second-order valence-corrected chi connectivity index (χ2v) is 5.29. The number of benzene rings is 1. The summed E-state index contributed by atoms with van der Waals surface area (Å²) in [5.41, 5.74) is 6.59. The quantitative estimate of drug-likeness (QED) is 0.471. The average molecular weight is 257 g/mol. The highest BCUT2D eigenvalue weighted by Crippen LogP contribution is 2.24. The number of nitrogens with zero attached hydrogens (tertiary/aromatic N) is 1. The maximum absolute atomic E-state index is 11.0. The molecular weight excluding hydrogens is 242 g/mol. The third-order valence-corrected chi connectivity index (χ3v) is 3.10. The maximum atomic E-state index is 11.0. The van der Waals surface area contributed by atoms with Crippen molar-refractivity contribution in [1.29, 1.82) is 0 Å². The number of hydrogen-bond donors (Lipinski definition) is 2. The lowest BCUT2D eigenvalue weighted by atomic mass is 10.2. The lowest BCUT2D eigenvalue weighted by Crippen LogP contribution is -2.22. The molecule has 3 N–H and O–H groups in total. The first-order chi connectivity index (χ1) is 7.90. The summed E-state index contributed by atoms with van der Waals surface area (Å²) < 4.78 is 11.0. The first-order valence-corrected chi connectivity index (χ1v) is 6.73.